The molecule has 4 nitrogen and oxygen atoms in total. The third-order valence-electron chi connectivity index (χ3n) is 5.11. The number of carbonyl (C=O) groups is 2. The quantitative estimate of drug-likeness (QED) is 0.822. The van der Waals surface area contributed by atoms with E-state index in [4.69, 9.17) is 0 Å². The van der Waals surface area contributed by atoms with Crippen LogP contribution < -0.4 is 5.32 Å². The Morgan fingerprint density at radius 2 is 1.95 bits per heavy atom. The van der Waals surface area contributed by atoms with E-state index < -0.39 is 11.5 Å². The molecule has 1 amide bonds. The lowest BCUT2D eigenvalue weighted by atomic mass is 9.85. The second-order valence-corrected chi connectivity index (χ2v) is 6.31. The van der Waals surface area contributed by atoms with Crippen LogP contribution in [-0.2, 0) is 15.1 Å². The molecule has 2 bridgehead atoms. The van der Waals surface area contributed by atoms with Crippen LogP contribution in [-0.4, -0.2) is 17.0 Å². The molecule has 2 aliphatic carbocycles. The lowest BCUT2D eigenvalue weighted by molar-refractivity contribution is -0.149. The average molecular weight is 299 g/mol. The van der Waals surface area contributed by atoms with Gasteiger partial charge in [0.1, 0.15) is 0 Å². The number of hydrogen-bond acceptors (Lipinski definition) is 2. The highest BCUT2D eigenvalue weighted by Crippen LogP contribution is 2.44. The SMILES string of the molecule is CC[C@@](NC(=O)[C@H]1C[C@H]2C=C[C@H]1C2)(C(=O)O)c1ccccc1. The molecule has 0 spiro atoms. The van der Waals surface area contributed by atoms with Gasteiger partial charge in [-0.3, -0.25) is 4.79 Å². The summed E-state index contributed by atoms with van der Waals surface area (Å²) in [6.07, 6.45) is 6.46. The van der Waals surface area contributed by atoms with Crippen LogP contribution in [0.5, 0.6) is 0 Å². The molecule has 1 aromatic rings. The maximum absolute atomic E-state index is 12.7. The van der Waals surface area contributed by atoms with Gasteiger partial charge in [0.2, 0.25) is 5.91 Å². The zero-order valence-electron chi connectivity index (χ0n) is 12.7. The van der Waals surface area contributed by atoms with E-state index in [1.54, 1.807) is 31.2 Å². The van der Waals surface area contributed by atoms with E-state index in [1.807, 2.05) is 6.07 Å². The number of carboxylic acid groups (broad SMARTS) is 1. The van der Waals surface area contributed by atoms with Gasteiger partial charge in [0.25, 0.3) is 0 Å². The van der Waals surface area contributed by atoms with Gasteiger partial charge in [-0.2, -0.15) is 0 Å². The van der Waals surface area contributed by atoms with Gasteiger partial charge in [0.05, 0.1) is 0 Å². The van der Waals surface area contributed by atoms with Gasteiger partial charge in [-0.1, -0.05) is 49.4 Å². The molecule has 1 fully saturated rings. The van der Waals surface area contributed by atoms with E-state index in [2.05, 4.69) is 17.5 Å². The lowest BCUT2D eigenvalue weighted by Gasteiger charge is -2.32. The Balaban J connectivity index is 1.86. The molecule has 0 aromatic heterocycles. The molecule has 2 N–H and O–H groups in total. The van der Waals surface area contributed by atoms with Crippen LogP contribution in [0.1, 0.15) is 31.7 Å². The van der Waals surface area contributed by atoms with Gasteiger partial charge >= 0.3 is 5.97 Å². The van der Waals surface area contributed by atoms with Gasteiger partial charge in [0, 0.05) is 5.92 Å². The molecule has 4 heteroatoms. The van der Waals surface area contributed by atoms with Gasteiger partial charge in [0.15, 0.2) is 5.54 Å². The highest BCUT2D eigenvalue weighted by atomic mass is 16.4. The Bertz CT molecular complexity index is 610. The molecule has 0 radical (unpaired) electrons. The van der Waals surface area contributed by atoms with E-state index in [9.17, 15) is 14.7 Å². The van der Waals surface area contributed by atoms with E-state index >= 15 is 0 Å². The third-order valence-corrected chi connectivity index (χ3v) is 5.11. The number of amides is 1. The van der Waals surface area contributed by atoms with Gasteiger partial charge < -0.3 is 10.4 Å². The summed E-state index contributed by atoms with van der Waals surface area (Å²) in [5, 5.41) is 12.6. The maximum atomic E-state index is 12.7. The average Bonchev–Trinajstić information content (AvgIpc) is 3.16. The van der Waals surface area contributed by atoms with Crippen molar-refractivity contribution < 1.29 is 14.7 Å². The molecule has 1 saturated carbocycles. The number of rotatable bonds is 5. The summed E-state index contributed by atoms with van der Waals surface area (Å²) in [6.45, 7) is 1.79. The first-order chi connectivity index (χ1) is 10.6. The largest absolute Gasteiger partial charge is 0.479 e. The minimum Gasteiger partial charge on any atom is -0.479 e. The summed E-state index contributed by atoms with van der Waals surface area (Å²) in [5.41, 5.74) is -0.721. The molecule has 22 heavy (non-hydrogen) atoms. The van der Waals surface area contributed by atoms with Crippen molar-refractivity contribution in [3.8, 4) is 0 Å². The van der Waals surface area contributed by atoms with E-state index in [-0.39, 0.29) is 17.7 Å². The number of allylic oxidation sites excluding steroid dienone is 2. The maximum Gasteiger partial charge on any atom is 0.334 e. The lowest BCUT2D eigenvalue weighted by Crippen LogP contribution is -2.53. The molecule has 3 rings (SSSR count). The molecule has 116 valence electrons. The van der Waals surface area contributed by atoms with Crippen LogP contribution in [0.2, 0.25) is 0 Å². The second kappa shape index (κ2) is 5.59. The Hall–Kier alpha value is -2.10. The first-order valence-corrected chi connectivity index (χ1v) is 7.86. The van der Waals surface area contributed by atoms with Crippen LogP contribution >= 0.6 is 0 Å². The van der Waals surface area contributed by atoms with Gasteiger partial charge in [-0.15, -0.1) is 0 Å². The Kier molecular flexibility index (Phi) is 3.77. The van der Waals surface area contributed by atoms with Crippen molar-refractivity contribution >= 4 is 11.9 Å². The van der Waals surface area contributed by atoms with Gasteiger partial charge in [-0.25, -0.2) is 4.79 Å². The second-order valence-electron chi connectivity index (χ2n) is 6.31. The van der Waals surface area contributed by atoms with Crippen molar-refractivity contribution in [2.45, 2.75) is 31.7 Å². The molecular formula is C18H21NO3. The summed E-state index contributed by atoms with van der Waals surface area (Å²) in [7, 11) is 0. The predicted molar refractivity (Wildman–Crippen MR) is 83.0 cm³/mol. The van der Waals surface area contributed by atoms with E-state index in [1.165, 1.54) is 0 Å². The van der Waals surface area contributed by atoms with Crippen molar-refractivity contribution in [2.24, 2.45) is 17.8 Å². The van der Waals surface area contributed by atoms with Crippen LogP contribution in [0, 0.1) is 17.8 Å². The Labute approximate surface area is 130 Å². The smallest absolute Gasteiger partial charge is 0.334 e. The fraction of sp³-hybridized carbons (Fsp3) is 0.444. The molecule has 2 aliphatic rings. The molecular weight excluding hydrogens is 278 g/mol. The molecule has 4 atom stereocenters. The molecule has 0 heterocycles. The van der Waals surface area contributed by atoms with Crippen molar-refractivity contribution in [1.29, 1.82) is 0 Å². The Morgan fingerprint density at radius 3 is 2.45 bits per heavy atom. The first kappa shape index (κ1) is 14.8. The minimum absolute atomic E-state index is 0.0935. The van der Waals surface area contributed by atoms with Gasteiger partial charge in [-0.05, 0) is 36.7 Å². The number of carbonyl (C=O) groups excluding carboxylic acids is 1. The first-order valence-electron chi connectivity index (χ1n) is 7.86. The number of fused-ring (bicyclic) bond motifs is 2. The topological polar surface area (TPSA) is 66.4 Å². The minimum atomic E-state index is -1.34. The number of aliphatic carboxylic acids is 1. The fourth-order valence-corrected chi connectivity index (χ4v) is 3.80. The Morgan fingerprint density at radius 1 is 1.23 bits per heavy atom. The number of hydrogen-bond donors (Lipinski definition) is 2. The van der Waals surface area contributed by atoms with Crippen molar-refractivity contribution in [3.05, 3.63) is 48.0 Å². The van der Waals surface area contributed by atoms with Crippen molar-refractivity contribution in [3.63, 3.8) is 0 Å². The molecule has 0 unspecified atom stereocenters. The standard InChI is InChI=1S/C18H21NO3/c1-2-18(17(21)22,14-6-4-3-5-7-14)19-16(20)15-11-12-8-9-13(15)10-12/h3-9,12-13,15H,2,10-11H2,1H3,(H,19,20)(H,21,22)/t12-,13-,15-,18-/m0/s1. The molecule has 0 saturated heterocycles. The van der Waals surface area contributed by atoms with Crippen molar-refractivity contribution in [2.75, 3.05) is 0 Å². The summed E-state index contributed by atoms with van der Waals surface area (Å²) >= 11 is 0. The summed E-state index contributed by atoms with van der Waals surface area (Å²) < 4.78 is 0. The monoisotopic (exact) mass is 299 g/mol. The summed E-state index contributed by atoms with van der Waals surface area (Å²) in [4.78, 5) is 24.6. The molecule has 0 aliphatic heterocycles. The zero-order valence-corrected chi connectivity index (χ0v) is 12.7. The summed E-state index contributed by atoms with van der Waals surface area (Å²) in [6, 6.07) is 8.97. The van der Waals surface area contributed by atoms with Crippen LogP contribution in [0.15, 0.2) is 42.5 Å². The number of benzene rings is 1. The number of nitrogens with one attached hydrogen (secondary N) is 1. The van der Waals surface area contributed by atoms with Crippen molar-refractivity contribution in [1.82, 2.24) is 5.32 Å². The van der Waals surface area contributed by atoms with Crippen LogP contribution in [0.3, 0.4) is 0 Å². The fourth-order valence-electron chi connectivity index (χ4n) is 3.80. The highest BCUT2D eigenvalue weighted by Gasteiger charge is 2.45. The van der Waals surface area contributed by atoms with Crippen LogP contribution in [0.25, 0.3) is 0 Å². The third kappa shape index (κ3) is 2.32. The number of carboxylic acids is 1. The highest BCUT2D eigenvalue weighted by molar-refractivity contribution is 5.89. The van der Waals surface area contributed by atoms with Crippen LogP contribution in [0.4, 0.5) is 0 Å². The zero-order chi connectivity index (χ0) is 15.7. The predicted octanol–water partition coefficient (Wildman–Crippen LogP) is 2.70. The normalized spacial score (nSPS) is 28.3. The summed E-state index contributed by atoms with van der Waals surface area (Å²) in [5.74, 6) is -0.482. The molecule has 1 aromatic carbocycles. The van der Waals surface area contributed by atoms with E-state index in [0.717, 1.165) is 12.8 Å². The van der Waals surface area contributed by atoms with E-state index in [0.29, 0.717) is 17.9 Å².